The van der Waals surface area contributed by atoms with E-state index in [0.717, 1.165) is 11.1 Å². The summed E-state index contributed by atoms with van der Waals surface area (Å²) in [7, 11) is 0. The number of benzene rings is 1. The molecule has 0 aromatic heterocycles. The molecule has 1 N–H and O–H groups in total. The number of allylic oxidation sites excluding steroid dienone is 1. The van der Waals surface area contributed by atoms with E-state index in [0.29, 0.717) is 5.75 Å². The van der Waals surface area contributed by atoms with E-state index in [1.807, 2.05) is 38.1 Å². The van der Waals surface area contributed by atoms with Gasteiger partial charge in [-0.15, -0.1) is 0 Å². The number of phenols is 1. The first-order valence-corrected chi connectivity index (χ1v) is 3.67. The van der Waals surface area contributed by atoms with Crippen molar-refractivity contribution in [3.8, 4) is 5.75 Å². The average molecular weight is 148 g/mol. The Morgan fingerprint density at radius 3 is 2.73 bits per heavy atom. The minimum absolute atomic E-state index is 0.362. The van der Waals surface area contributed by atoms with E-state index in [9.17, 15) is 5.11 Å². The van der Waals surface area contributed by atoms with E-state index in [-0.39, 0.29) is 0 Å². The topological polar surface area (TPSA) is 20.2 Å². The molecule has 1 heteroatoms. The van der Waals surface area contributed by atoms with Gasteiger partial charge in [-0.1, -0.05) is 24.3 Å². The van der Waals surface area contributed by atoms with Crippen LogP contribution in [0.4, 0.5) is 0 Å². The molecule has 58 valence electrons. The Labute approximate surface area is 67.0 Å². The Kier molecular flexibility index (Phi) is 2.32. The normalized spacial score (nSPS) is 10.7. The minimum Gasteiger partial charge on any atom is -0.508 e. The summed E-state index contributed by atoms with van der Waals surface area (Å²) in [5.41, 5.74) is 2.01. The summed E-state index contributed by atoms with van der Waals surface area (Å²) in [6, 6.07) is 5.52. The highest BCUT2D eigenvalue weighted by atomic mass is 16.3. The van der Waals surface area contributed by atoms with Crippen LogP contribution in [0.2, 0.25) is 0 Å². The van der Waals surface area contributed by atoms with E-state index in [2.05, 4.69) is 0 Å². The molecule has 11 heavy (non-hydrogen) atoms. The molecular formula is C10H12O. The lowest BCUT2D eigenvalue weighted by Gasteiger charge is -2.01. The lowest BCUT2D eigenvalue weighted by Crippen LogP contribution is -1.79. The molecule has 0 unspecified atom stereocenters. The van der Waals surface area contributed by atoms with Crippen LogP contribution in [0, 0.1) is 6.92 Å². The van der Waals surface area contributed by atoms with Crippen molar-refractivity contribution in [3.63, 3.8) is 0 Å². The molecule has 0 saturated heterocycles. The van der Waals surface area contributed by atoms with Crippen LogP contribution in [0.5, 0.6) is 5.75 Å². The number of rotatable bonds is 1. The van der Waals surface area contributed by atoms with E-state index in [1.165, 1.54) is 0 Å². The predicted octanol–water partition coefficient (Wildman–Crippen LogP) is 2.73. The van der Waals surface area contributed by atoms with Crippen LogP contribution in [0.25, 0.3) is 6.08 Å². The van der Waals surface area contributed by atoms with Gasteiger partial charge in [-0.2, -0.15) is 0 Å². The second-order valence-corrected chi connectivity index (χ2v) is 2.49. The van der Waals surface area contributed by atoms with Crippen molar-refractivity contribution in [3.05, 3.63) is 35.4 Å². The van der Waals surface area contributed by atoms with E-state index in [4.69, 9.17) is 0 Å². The average Bonchev–Trinajstić information content (AvgIpc) is 1.99. The lowest BCUT2D eigenvalue weighted by molar-refractivity contribution is 0.471. The summed E-state index contributed by atoms with van der Waals surface area (Å²) < 4.78 is 0. The third-order valence-corrected chi connectivity index (χ3v) is 1.69. The third-order valence-electron chi connectivity index (χ3n) is 1.69. The van der Waals surface area contributed by atoms with Gasteiger partial charge in [0, 0.05) is 0 Å². The molecule has 0 aliphatic heterocycles. The Bertz CT molecular complexity index is 274. The van der Waals surface area contributed by atoms with Gasteiger partial charge in [-0.3, -0.25) is 0 Å². The van der Waals surface area contributed by atoms with Gasteiger partial charge >= 0.3 is 0 Å². The summed E-state index contributed by atoms with van der Waals surface area (Å²) >= 11 is 0. The first-order chi connectivity index (χ1) is 5.25. The van der Waals surface area contributed by atoms with Gasteiger partial charge in [0.1, 0.15) is 5.75 Å². The van der Waals surface area contributed by atoms with Crippen LogP contribution in [-0.4, -0.2) is 5.11 Å². The van der Waals surface area contributed by atoms with Gasteiger partial charge in [-0.25, -0.2) is 0 Å². The van der Waals surface area contributed by atoms with Crippen LogP contribution in [-0.2, 0) is 0 Å². The highest BCUT2D eigenvalue weighted by Crippen LogP contribution is 2.20. The van der Waals surface area contributed by atoms with Crippen molar-refractivity contribution < 1.29 is 5.11 Å². The summed E-state index contributed by atoms with van der Waals surface area (Å²) in [5.74, 6) is 0.362. The largest absolute Gasteiger partial charge is 0.508 e. The number of aromatic hydroxyl groups is 1. The Balaban J connectivity index is 3.16. The second kappa shape index (κ2) is 3.24. The fraction of sp³-hybridized carbons (Fsp3) is 0.200. The maximum absolute atomic E-state index is 9.29. The van der Waals surface area contributed by atoms with E-state index in [1.54, 1.807) is 6.07 Å². The standard InChI is InChI=1S/C10H12O/c1-3-5-9-6-4-7-10(11)8(9)2/h3-7,11H,1-2H3/b5-3+. The first kappa shape index (κ1) is 7.86. The van der Waals surface area contributed by atoms with Gasteiger partial charge in [0.2, 0.25) is 0 Å². The predicted molar refractivity (Wildman–Crippen MR) is 47.6 cm³/mol. The lowest BCUT2D eigenvalue weighted by atomic mass is 10.1. The van der Waals surface area contributed by atoms with Crippen LogP contribution < -0.4 is 0 Å². The van der Waals surface area contributed by atoms with Gasteiger partial charge < -0.3 is 5.11 Å². The summed E-state index contributed by atoms with van der Waals surface area (Å²) in [6.45, 7) is 3.87. The summed E-state index contributed by atoms with van der Waals surface area (Å²) in [6.07, 6.45) is 3.94. The SMILES string of the molecule is C/C=C/c1cccc(O)c1C. The van der Waals surface area contributed by atoms with Crippen LogP contribution in [0.1, 0.15) is 18.1 Å². The molecule has 0 radical (unpaired) electrons. The van der Waals surface area contributed by atoms with Gasteiger partial charge in [-0.05, 0) is 31.0 Å². The van der Waals surface area contributed by atoms with Crippen molar-refractivity contribution in [2.75, 3.05) is 0 Å². The third kappa shape index (κ3) is 1.61. The van der Waals surface area contributed by atoms with Crippen molar-refractivity contribution in [2.45, 2.75) is 13.8 Å². The molecule has 1 rings (SSSR count). The van der Waals surface area contributed by atoms with Crippen molar-refractivity contribution in [1.82, 2.24) is 0 Å². The molecule has 0 spiro atoms. The summed E-state index contributed by atoms with van der Waals surface area (Å²) in [4.78, 5) is 0. The molecule has 1 aromatic rings. The highest BCUT2D eigenvalue weighted by molar-refractivity contribution is 5.56. The maximum Gasteiger partial charge on any atom is 0.119 e. The Morgan fingerprint density at radius 2 is 2.09 bits per heavy atom. The number of phenolic OH excluding ortho intramolecular Hbond substituents is 1. The molecule has 0 saturated carbocycles. The molecule has 1 aromatic carbocycles. The van der Waals surface area contributed by atoms with E-state index >= 15 is 0 Å². The van der Waals surface area contributed by atoms with Crippen molar-refractivity contribution in [1.29, 1.82) is 0 Å². The van der Waals surface area contributed by atoms with Crippen LogP contribution in [0.3, 0.4) is 0 Å². The quantitative estimate of drug-likeness (QED) is 0.649. The molecule has 0 fully saturated rings. The summed E-state index contributed by atoms with van der Waals surface area (Å²) in [5, 5.41) is 9.29. The van der Waals surface area contributed by atoms with Gasteiger partial charge in [0.15, 0.2) is 0 Å². The molecule has 0 bridgehead atoms. The number of hydrogen-bond donors (Lipinski definition) is 1. The van der Waals surface area contributed by atoms with Crippen molar-refractivity contribution >= 4 is 6.08 Å². The minimum atomic E-state index is 0.362. The molecule has 0 aliphatic rings. The molecule has 0 atom stereocenters. The smallest absolute Gasteiger partial charge is 0.119 e. The van der Waals surface area contributed by atoms with Crippen LogP contribution in [0.15, 0.2) is 24.3 Å². The van der Waals surface area contributed by atoms with E-state index < -0.39 is 0 Å². The van der Waals surface area contributed by atoms with Gasteiger partial charge in [0.25, 0.3) is 0 Å². The number of hydrogen-bond acceptors (Lipinski definition) is 1. The fourth-order valence-electron chi connectivity index (χ4n) is 1.00. The van der Waals surface area contributed by atoms with Crippen LogP contribution >= 0.6 is 0 Å². The Morgan fingerprint density at radius 1 is 1.36 bits per heavy atom. The second-order valence-electron chi connectivity index (χ2n) is 2.49. The van der Waals surface area contributed by atoms with Gasteiger partial charge in [0.05, 0.1) is 0 Å². The zero-order valence-corrected chi connectivity index (χ0v) is 6.83. The molecule has 0 heterocycles. The Hall–Kier alpha value is -1.24. The monoisotopic (exact) mass is 148 g/mol. The maximum atomic E-state index is 9.29. The molecule has 0 aliphatic carbocycles. The fourth-order valence-corrected chi connectivity index (χ4v) is 1.00. The highest BCUT2D eigenvalue weighted by Gasteiger charge is 1.97. The first-order valence-electron chi connectivity index (χ1n) is 3.67. The van der Waals surface area contributed by atoms with Crippen molar-refractivity contribution in [2.24, 2.45) is 0 Å². The zero-order valence-electron chi connectivity index (χ0n) is 6.83. The molecule has 0 amide bonds. The molecule has 1 nitrogen and oxygen atoms in total. The zero-order chi connectivity index (χ0) is 8.27. The molecular weight excluding hydrogens is 136 g/mol.